The van der Waals surface area contributed by atoms with E-state index in [1.165, 1.54) is 5.06 Å². The number of nitrogens with zero attached hydrogens (tertiary/aromatic N) is 1. The van der Waals surface area contributed by atoms with Crippen LogP contribution in [0.25, 0.3) is 0 Å². The third-order valence-electron chi connectivity index (χ3n) is 2.10. The van der Waals surface area contributed by atoms with E-state index in [1.54, 1.807) is 0 Å². The van der Waals surface area contributed by atoms with E-state index in [1.807, 2.05) is 0 Å². The predicted molar refractivity (Wildman–Crippen MR) is 42.6 cm³/mol. The summed E-state index contributed by atoms with van der Waals surface area (Å²) in [6, 6.07) is 0. The minimum atomic E-state index is -0.156. The van der Waals surface area contributed by atoms with Gasteiger partial charge < -0.3 is 9.47 Å². The first kappa shape index (κ1) is 8.93. The molecule has 2 heterocycles. The molecule has 5 heteroatoms. The molecule has 0 aromatic heterocycles. The van der Waals surface area contributed by atoms with Crippen LogP contribution in [0.5, 0.6) is 0 Å². The van der Waals surface area contributed by atoms with Crippen LogP contribution in [-0.2, 0) is 19.1 Å². The molecule has 2 aliphatic heterocycles. The lowest BCUT2D eigenvalue weighted by molar-refractivity contribution is -0.166. The zero-order valence-corrected chi connectivity index (χ0v) is 7.40. The fourth-order valence-electron chi connectivity index (χ4n) is 1.43. The van der Waals surface area contributed by atoms with E-state index in [-0.39, 0.29) is 12.2 Å². The topological polar surface area (TPSA) is 48.0 Å². The van der Waals surface area contributed by atoms with E-state index < -0.39 is 0 Å². The van der Waals surface area contributed by atoms with Gasteiger partial charge >= 0.3 is 0 Å². The summed E-state index contributed by atoms with van der Waals surface area (Å²) < 4.78 is 10.5. The maximum atomic E-state index is 11.1. The van der Waals surface area contributed by atoms with E-state index in [0.29, 0.717) is 39.2 Å². The normalized spacial score (nSPS) is 24.6. The molecule has 0 unspecified atom stereocenters. The quantitative estimate of drug-likeness (QED) is 0.619. The summed E-state index contributed by atoms with van der Waals surface area (Å²) in [6.45, 7) is 2.37. The van der Waals surface area contributed by atoms with Crippen LogP contribution in [0.2, 0.25) is 0 Å². The Morgan fingerprint density at radius 2 is 2.08 bits per heavy atom. The Balaban J connectivity index is 1.69. The molecule has 13 heavy (non-hydrogen) atoms. The molecule has 0 N–H and O–H groups in total. The minimum absolute atomic E-state index is 0.0537. The average Bonchev–Trinajstić information content (AvgIpc) is 2.72. The average molecular weight is 187 g/mol. The molecular weight excluding hydrogens is 174 g/mol. The first-order valence-corrected chi connectivity index (χ1v) is 4.53. The SMILES string of the molecule is O=C1CCON1CCC1OCCO1. The summed E-state index contributed by atoms with van der Waals surface area (Å²) in [4.78, 5) is 16.2. The molecule has 1 amide bonds. The smallest absolute Gasteiger partial charge is 0.248 e. The molecule has 2 rings (SSSR count). The van der Waals surface area contributed by atoms with Crippen molar-refractivity contribution in [3.05, 3.63) is 0 Å². The van der Waals surface area contributed by atoms with Gasteiger partial charge in [0, 0.05) is 6.42 Å². The Hall–Kier alpha value is -0.650. The van der Waals surface area contributed by atoms with Gasteiger partial charge in [-0.3, -0.25) is 9.63 Å². The monoisotopic (exact) mass is 187 g/mol. The number of hydrogen-bond acceptors (Lipinski definition) is 4. The van der Waals surface area contributed by atoms with E-state index in [0.717, 1.165) is 0 Å². The van der Waals surface area contributed by atoms with Gasteiger partial charge in [-0.25, -0.2) is 5.06 Å². The first-order valence-electron chi connectivity index (χ1n) is 4.53. The van der Waals surface area contributed by atoms with Crippen molar-refractivity contribution in [2.75, 3.05) is 26.4 Å². The summed E-state index contributed by atoms with van der Waals surface area (Å²) in [5, 5.41) is 1.39. The molecule has 0 aromatic rings. The summed E-state index contributed by atoms with van der Waals surface area (Å²) in [5.41, 5.74) is 0. The number of amides is 1. The van der Waals surface area contributed by atoms with Crippen LogP contribution in [0.15, 0.2) is 0 Å². The van der Waals surface area contributed by atoms with Crippen molar-refractivity contribution in [3.63, 3.8) is 0 Å². The lowest BCUT2D eigenvalue weighted by Crippen LogP contribution is -2.27. The van der Waals surface area contributed by atoms with Gasteiger partial charge in [0.2, 0.25) is 5.91 Å². The predicted octanol–water partition coefficient (Wildman–Crippen LogP) is -0.0867. The molecule has 0 saturated carbocycles. The highest BCUT2D eigenvalue weighted by Gasteiger charge is 2.24. The number of hydroxylamine groups is 2. The molecular formula is C8H13NO4. The summed E-state index contributed by atoms with van der Waals surface area (Å²) in [5.74, 6) is 0.0537. The van der Waals surface area contributed by atoms with Gasteiger partial charge in [0.05, 0.1) is 32.8 Å². The van der Waals surface area contributed by atoms with Gasteiger partial charge in [-0.2, -0.15) is 0 Å². The van der Waals surface area contributed by atoms with Crippen molar-refractivity contribution in [3.8, 4) is 0 Å². The number of hydrogen-bond donors (Lipinski definition) is 0. The van der Waals surface area contributed by atoms with Gasteiger partial charge in [-0.05, 0) is 0 Å². The van der Waals surface area contributed by atoms with E-state index in [4.69, 9.17) is 14.3 Å². The fraction of sp³-hybridized carbons (Fsp3) is 0.875. The molecule has 2 saturated heterocycles. The van der Waals surface area contributed by atoms with Gasteiger partial charge in [-0.1, -0.05) is 0 Å². The molecule has 0 aliphatic carbocycles. The largest absolute Gasteiger partial charge is 0.350 e. The maximum absolute atomic E-state index is 11.1. The Labute approximate surface area is 76.5 Å². The number of carbonyl (C=O) groups is 1. The van der Waals surface area contributed by atoms with Crippen molar-refractivity contribution < 1.29 is 19.1 Å². The van der Waals surface area contributed by atoms with Crippen LogP contribution in [0.1, 0.15) is 12.8 Å². The number of carbonyl (C=O) groups excluding carboxylic acids is 1. The van der Waals surface area contributed by atoms with E-state index >= 15 is 0 Å². The zero-order valence-electron chi connectivity index (χ0n) is 7.40. The highest BCUT2D eigenvalue weighted by atomic mass is 16.7. The highest BCUT2D eigenvalue weighted by Crippen LogP contribution is 2.12. The van der Waals surface area contributed by atoms with E-state index in [2.05, 4.69) is 0 Å². The van der Waals surface area contributed by atoms with Crippen LogP contribution in [0.4, 0.5) is 0 Å². The Kier molecular flexibility index (Phi) is 2.77. The second-order valence-electron chi connectivity index (χ2n) is 3.04. The van der Waals surface area contributed by atoms with E-state index in [9.17, 15) is 4.79 Å². The van der Waals surface area contributed by atoms with Crippen molar-refractivity contribution in [2.45, 2.75) is 19.1 Å². The van der Waals surface area contributed by atoms with Gasteiger partial charge in [0.1, 0.15) is 0 Å². The first-order chi connectivity index (χ1) is 6.36. The maximum Gasteiger partial charge on any atom is 0.248 e. The molecule has 0 radical (unpaired) electrons. The minimum Gasteiger partial charge on any atom is -0.350 e. The molecule has 74 valence electrons. The number of rotatable bonds is 3. The Bertz CT molecular complexity index is 191. The van der Waals surface area contributed by atoms with Crippen LogP contribution in [0.3, 0.4) is 0 Å². The van der Waals surface area contributed by atoms with Crippen LogP contribution < -0.4 is 0 Å². The Morgan fingerprint density at radius 1 is 1.31 bits per heavy atom. The van der Waals surface area contributed by atoms with Crippen molar-refractivity contribution >= 4 is 5.91 Å². The molecule has 2 fully saturated rings. The molecule has 0 spiro atoms. The summed E-state index contributed by atoms with van der Waals surface area (Å²) in [6.07, 6.45) is 1.02. The fourth-order valence-corrected chi connectivity index (χ4v) is 1.43. The summed E-state index contributed by atoms with van der Waals surface area (Å²) in [7, 11) is 0. The lowest BCUT2D eigenvalue weighted by atomic mass is 10.4. The lowest BCUT2D eigenvalue weighted by Gasteiger charge is -2.15. The van der Waals surface area contributed by atoms with Crippen molar-refractivity contribution in [1.82, 2.24) is 5.06 Å². The van der Waals surface area contributed by atoms with Gasteiger partial charge in [-0.15, -0.1) is 0 Å². The second-order valence-corrected chi connectivity index (χ2v) is 3.04. The second kappa shape index (κ2) is 4.04. The van der Waals surface area contributed by atoms with Gasteiger partial charge in [0.25, 0.3) is 0 Å². The zero-order chi connectivity index (χ0) is 9.10. The highest BCUT2D eigenvalue weighted by molar-refractivity contribution is 5.76. The molecule has 5 nitrogen and oxygen atoms in total. The Morgan fingerprint density at radius 3 is 2.69 bits per heavy atom. The standard InChI is InChI=1S/C8H13NO4/c10-7-2-4-13-9(7)3-1-8-11-5-6-12-8/h8H,1-6H2. The van der Waals surface area contributed by atoms with Crippen molar-refractivity contribution in [2.24, 2.45) is 0 Å². The van der Waals surface area contributed by atoms with Gasteiger partial charge in [0.15, 0.2) is 6.29 Å². The van der Waals surface area contributed by atoms with Crippen LogP contribution >= 0.6 is 0 Å². The molecule has 0 aromatic carbocycles. The summed E-state index contributed by atoms with van der Waals surface area (Å²) >= 11 is 0. The van der Waals surface area contributed by atoms with Crippen LogP contribution in [-0.4, -0.2) is 43.6 Å². The van der Waals surface area contributed by atoms with Crippen LogP contribution in [0, 0.1) is 0 Å². The molecule has 2 aliphatic rings. The third kappa shape index (κ3) is 2.18. The number of ether oxygens (including phenoxy) is 2. The molecule has 0 bridgehead atoms. The van der Waals surface area contributed by atoms with Crippen molar-refractivity contribution in [1.29, 1.82) is 0 Å². The third-order valence-corrected chi connectivity index (χ3v) is 2.10. The molecule has 0 atom stereocenters.